The van der Waals surface area contributed by atoms with E-state index in [9.17, 15) is 0 Å². The minimum Gasteiger partial charge on any atom is -0.392 e. The summed E-state index contributed by atoms with van der Waals surface area (Å²) in [5.41, 5.74) is 2.08. The Labute approximate surface area is 96.9 Å². The molecule has 88 valence electrons. The van der Waals surface area contributed by atoms with Crippen molar-refractivity contribution in [2.45, 2.75) is 19.4 Å². The van der Waals surface area contributed by atoms with Crippen molar-refractivity contribution in [1.29, 1.82) is 0 Å². The molecular weight excluding hydrogens is 200 g/mol. The van der Waals surface area contributed by atoms with Crippen LogP contribution in [0.15, 0.2) is 24.3 Å². The molecule has 1 heterocycles. The lowest BCUT2D eigenvalue weighted by Crippen LogP contribution is -2.31. The third-order valence-electron chi connectivity index (χ3n) is 3.16. The van der Waals surface area contributed by atoms with Crippen molar-refractivity contribution in [2.75, 3.05) is 25.0 Å². The Kier molecular flexibility index (Phi) is 4.19. The number of aliphatic hydroxyl groups is 1. The van der Waals surface area contributed by atoms with Crippen molar-refractivity contribution in [2.24, 2.45) is 5.92 Å². The van der Waals surface area contributed by atoms with Gasteiger partial charge < -0.3 is 15.7 Å². The first-order valence-electron chi connectivity index (χ1n) is 6.03. The van der Waals surface area contributed by atoms with E-state index >= 15 is 0 Å². The molecule has 1 aromatic carbocycles. The number of anilines is 1. The highest BCUT2D eigenvalue weighted by Gasteiger charge is 2.12. The van der Waals surface area contributed by atoms with E-state index in [1.807, 2.05) is 18.2 Å². The van der Waals surface area contributed by atoms with Crippen molar-refractivity contribution in [1.82, 2.24) is 5.32 Å². The Hall–Kier alpha value is -1.06. The molecule has 0 bridgehead atoms. The van der Waals surface area contributed by atoms with Crippen LogP contribution in [0, 0.1) is 5.92 Å². The molecule has 0 amide bonds. The van der Waals surface area contributed by atoms with E-state index in [-0.39, 0.29) is 6.61 Å². The average Bonchev–Trinajstić information content (AvgIpc) is 2.38. The molecule has 2 rings (SSSR count). The van der Waals surface area contributed by atoms with Gasteiger partial charge in [-0.05, 0) is 49.5 Å². The van der Waals surface area contributed by atoms with Gasteiger partial charge in [0.1, 0.15) is 0 Å². The van der Waals surface area contributed by atoms with Crippen molar-refractivity contribution in [3.63, 3.8) is 0 Å². The van der Waals surface area contributed by atoms with Crippen LogP contribution in [0.2, 0.25) is 0 Å². The van der Waals surface area contributed by atoms with E-state index in [1.54, 1.807) is 0 Å². The molecule has 3 N–H and O–H groups in total. The van der Waals surface area contributed by atoms with Crippen molar-refractivity contribution in [3.05, 3.63) is 29.8 Å². The van der Waals surface area contributed by atoms with Crippen LogP contribution in [0.5, 0.6) is 0 Å². The molecule has 0 atom stereocenters. The summed E-state index contributed by atoms with van der Waals surface area (Å²) < 4.78 is 0. The van der Waals surface area contributed by atoms with Crippen LogP contribution in [-0.2, 0) is 6.61 Å². The summed E-state index contributed by atoms with van der Waals surface area (Å²) in [6, 6.07) is 7.99. The smallest absolute Gasteiger partial charge is 0.0682 e. The number of aliphatic hydroxyl groups excluding tert-OH is 1. The molecule has 16 heavy (non-hydrogen) atoms. The van der Waals surface area contributed by atoms with Gasteiger partial charge in [-0.1, -0.05) is 12.1 Å². The molecular formula is C13H20N2O. The number of hydrogen-bond donors (Lipinski definition) is 3. The van der Waals surface area contributed by atoms with E-state index in [4.69, 9.17) is 5.11 Å². The van der Waals surface area contributed by atoms with Gasteiger partial charge in [0, 0.05) is 12.2 Å². The lowest BCUT2D eigenvalue weighted by atomic mass is 9.98. The molecule has 1 saturated heterocycles. The van der Waals surface area contributed by atoms with Gasteiger partial charge in [-0.15, -0.1) is 0 Å². The van der Waals surface area contributed by atoms with Crippen LogP contribution >= 0.6 is 0 Å². The van der Waals surface area contributed by atoms with Gasteiger partial charge in [-0.3, -0.25) is 0 Å². The number of rotatable bonds is 4. The second-order valence-corrected chi connectivity index (χ2v) is 4.43. The molecule has 0 aromatic heterocycles. The number of piperidine rings is 1. The van der Waals surface area contributed by atoms with E-state index in [1.165, 1.54) is 12.8 Å². The van der Waals surface area contributed by atoms with Crippen LogP contribution in [0.3, 0.4) is 0 Å². The van der Waals surface area contributed by atoms with Gasteiger partial charge >= 0.3 is 0 Å². The lowest BCUT2D eigenvalue weighted by molar-refractivity contribution is 0.282. The Morgan fingerprint density at radius 1 is 1.31 bits per heavy atom. The molecule has 0 aliphatic carbocycles. The minimum absolute atomic E-state index is 0.114. The van der Waals surface area contributed by atoms with Crippen molar-refractivity contribution >= 4 is 5.69 Å². The molecule has 1 aliphatic rings. The third-order valence-corrected chi connectivity index (χ3v) is 3.16. The van der Waals surface area contributed by atoms with E-state index in [0.717, 1.165) is 36.8 Å². The van der Waals surface area contributed by atoms with E-state index in [0.29, 0.717) is 0 Å². The standard InChI is InChI=1S/C13H20N2O/c16-10-12-2-1-3-13(8-12)15-9-11-4-6-14-7-5-11/h1-3,8,11,14-16H,4-7,9-10H2. The Morgan fingerprint density at radius 2 is 2.12 bits per heavy atom. The number of nitrogens with one attached hydrogen (secondary N) is 2. The van der Waals surface area contributed by atoms with Crippen LogP contribution in [0.1, 0.15) is 18.4 Å². The molecule has 0 unspecified atom stereocenters. The fourth-order valence-electron chi connectivity index (χ4n) is 2.13. The topological polar surface area (TPSA) is 44.3 Å². The third kappa shape index (κ3) is 3.22. The summed E-state index contributed by atoms with van der Waals surface area (Å²) in [6.45, 7) is 3.44. The normalized spacial score (nSPS) is 17.3. The second kappa shape index (κ2) is 5.87. The lowest BCUT2D eigenvalue weighted by Gasteiger charge is -2.23. The Morgan fingerprint density at radius 3 is 2.88 bits per heavy atom. The molecule has 1 fully saturated rings. The zero-order valence-corrected chi connectivity index (χ0v) is 9.58. The molecule has 3 heteroatoms. The maximum Gasteiger partial charge on any atom is 0.0682 e. The SMILES string of the molecule is OCc1cccc(NCC2CCNCC2)c1. The first-order valence-corrected chi connectivity index (χ1v) is 6.03. The van der Waals surface area contributed by atoms with Crippen LogP contribution in [-0.4, -0.2) is 24.7 Å². The predicted molar refractivity (Wildman–Crippen MR) is 66.4 cm³/mol. The summed E-state index contributed by atoms with van der Waals surface area (Å²) in [4.78, 5) is 0. The van der Waals surface area contributed by atoms with Crippen LogP contribution in [0.25, 0.3) is 0 Å². The van der Waals surface area contributed by atoms with Gasteiger partial charge in [-0.2, -0.15) is 0 Å². The van der Waals surface area contributed by atoms with Gasteiger partial charge in [-0.25, -0.2) is 0 Å². The zero-order chi connectivity index (χ0) is 11.2. The first-order chi connectivity index (χ1) is 7.88. The maximum atomic E-state index is 9.04. The van der Waals surface area contributed by atoms with Gasteiger partial charge in [0.2, 0.25) is 0 Å². The highest BCUT2D eigenvalue weighted by Crippen LogP contribution is 2.15. The first kappa shape index (κ1) is 11.4. The summed E-state index contributed by atoms with van der Waals surface area (Å²) in [5, 5.41) is 15.9. The van der Waals surface area contributed by atoms with Crippen LogP contribution in [0.4, 0.5) is 5.69 Å². The highest BCUT2D eigenvalue weighted by atomic mass is 16.3. The van der Waals surface area contributed by atoms with Gasteiger partial charge in [0.15, 0.2) is 0 Å². The Balaban J connectivity index is 1.83. The molecule has 0 saturated carbocycles. The van der Waals surface area contributed by atoms with E-state index in [2.05, 4.69) is 16.7 Å². The molecule has 0 spiro atoms. The number of benzene rings is 1. The maximum absolute atomic E-state index is 9.04. The number of hydrogen-bond acceptors (Lipinski definition) is 3. The Bertz CT molecular complexity index is 321. The van der Waals surface area contributed by atoms with E-state index < -0.39 is 0 Å². The zero-order valence-electron chi connectivity index (χ0n) is 9.58. The quantitative estimate of drug-likeness (QED) is 0.722. The fraction of sp³-hybridized carbons (Fsp3) is 0.538. The summed E-state index contributed by atoms with van der Waals surface area (Å²) in [7, 11) is 0. The molecule has 1 aromatic rings. The molecule has 1 aliphatic heterocycles. The summed E-state index contributed by atoms with van der Waals surface area (Å²) >= 11 is 0. The summed E-state index contributed by atoms with van der Waals surface area (Å²) in [6.07, 6.45) is 2.51. The predicted octanol–water partition coefficient (Wildman–Crippen LogP) is 1.59. The largest absolute Gasteiger partial charge is 0.392 e. The van der Waals surface area contributed by atoms with Gasteiger partial charge in [0.25, 0.3) is 0 Å². The second-order valence-electron chi connectivity index (χ2n) is 4.43. The fourth-order valence-corrected chi connectivity index (χ4v) is 2.13. The van der Waals surface area contributed by atoms with Crippen molar-refractivity contribution < 1.29 is 5.11 Å². The van der Waals surface area contributed by atoms with Gasteiger partial charge in [0.05, 0.1) is 6.61 Å². The van der Waals surface area contributed by atoms with Crippen molar-refractivity contribution in [3.8, 4) is 0 Å². The van der Waals surface area contributed by atoms with Crippen LogP contribution < -0.4 is 10.6 Å². The summed E-state index contributed by atoms with van der Waals surface area (Å²) in [5.74, 6) is 0.777. The molecule has 0 radical (unpaired) electrons. The average molecular weight is 220 g/mol. The highest BCUT2D eigenvalue weighted by molar-refractivity contribution is 5.45. The monoisotopic (exact) mass is 220 g/mol. The minimum atomic E-state index is 0.114. The molecule has 3 nitrogen and oxygen atoms in total.